The zero-order chi connectivity index (χ0) is 15.0. The zero-order valence-corrected chi connectivity index (χ0v) is 11.8. The van der Waals surface area contributed by atoms with E-state index in [0.717, 1.165) is 0 Å². The monoisotopic (exact) mass is 288 g/mol. The molecule has 5 heteroatoms. The lowest BCUT2D eigenvalue weighted by Crippen LogP contribution is -2.38. The minimum atomic E-state index is -1.38. The van der Waals surface area contributed by atoms with E-state index >= 15 is 4.39 Å². The zero-order valence-electron chi connectivity index (χ0n) is 11.8. The highest BCUT2D eigenvalue weighted by atomic mass is 19.1. The predicted molar refractivity (Wildman–Crippen MR) is 78.2 cm³/mol. The van der Waals surface area contributed by atoms with E-state index in [2.05, 4.69) is 9.88 Å². The molecule has 1 aromatic carbocycles. The van der Waals surface area contributed by atoms with Gasteiger partial charge in [0.15, 0.2) is 0 Å². The van der Waals surface area contributed by atoms with Gasteiger partial charge in [-0.15, -0.1) is 0 Å². The summed E-state index contributed by atoms with van der Waals surface area (Å²) in [6.07, 6.45) is 2.32. The first-order valence-corrected chi connectivity index (χ1v) is 7.00. The fraction of sp³-hybridized carbons (Fsp3) is 0.375. The maximum absolute atomic E-state index is 15.1. The Morgan fingerprint density at radius 3 is 2.71 bits per heavy atom. The van der Waals surface area contributed by atoms with Crippen molar-refractivity contribution >= 4 is 16.9 Å². The number of likely N-dealkylation sites (tertiary alicyclic amines) is 1. The molecule has 0 spiro atoms. The van der Waals surface area contributed by atoms with Crippen molar-refractivity contribution in [2.75, 3.05) is 20.1 Å². The van der Waals surface area contributed by atoms with Crippen LogP contribution in [0.3, 0.4) is 0 Å². The molecule has 0 amide bonds. The van der Waals surface area contributed by atoms with Crippen LogP contribution < -0.4 is 0 Å². The fourth-order valence-corrected chi connectivity index (χ4v) is 2.87. The van der Waals surface area contributed by atoms with Gasteiger partial charge in [0, 0.05) is 24.7 Å². The van der Waals surface area contributed by atoms with Crippen LogP contribution in [-0.2, 0) is 5.67 Å². The average molecular weight is 288 g/mol. The van der Waals surface area contributed by atoms with Crippen LogP contribution in [-0.4, -0.2) is 41.1 Å². The number of piperidine rings is 1. The molecular weight excluding hydrogens is 271 g/mol. The summed E-state index contributed by atoms with van der Waals surface area (Å²) in [5.41, 5.74) is -0.0843. The Balaban J connectivity index is 2.08. The van der Waals surface area contributed by atoms with E-state index in [0.29, 0.717) is 42.4 Å². The molecule has 0 saturated carbocycles. The molecule has 1 saturated heterocycles. The number of carboxylic acid groups (broad SMARTS) is 1. The molecule has 110 valence electrons. The van der Waals surface area contributed by atoms with Crippen molar-refractivity contribution in [2.45, 2.75) is 18.5 Å². The number of hydrogen-bond donors (Lipinski definition) is 1. The summed E-state index contributed by atoms with van der Waals surface area (Å²) in [6.45, 7) is 1.40. The van der Waals surface area contributed by atoms with Gasteiger partial charge >= 0.3 is 5.97 Å². The summed E-state index contributed by atoms with van der Waals surface area (Å²) in [4.78, 5) is 17.5. The summed E-state index contributed by atoms with van der Waals surface area (Å²) >= 11 is 0. The maximum Gasteiger partial charge on any atom is 0.336 e. The van der Waals surface area contributed by atoms with Crippen molar-refractivity contribution in [3.63, 3.8) is 0 Å². The molecule has 1 aliphatic heterocycles. The number of nitrogens with zero attached hydrogens (tertiary/aromatic N) is 2. The van der Waals surface area contributed by atoms with Crippen molar-refractivity contribution in [3.8, 4) is 0 Å². The molecule has 21 heavy (non-hydrogen) atoms. The van der Waals surface area contributed by atoms with Crippen LogP contribution >= 0.6 is 0 Å². The Morgan fingerprint density at radius 2 is 2.05 bits per heavy atom. The Labute approximate surface area is 122 Å². The van der Waals surface area contributed by atoms with E-state index in [-0.39, 0.29) is 5.56 Å². The third kappa shape index (κ3) is 2.49. The Hall–Kier alpha value is -2.01. The molecule has 0 radical (unpaired) electrons. The van der Waals surface area contributed by atoms with E-state index in [9.17, 15) is 9.90 Å². The number of carboxylic acids is 1. The Morgan fingerprint density at radius 1 is 1.33 bits per heavy atom. The second-order valence-electron chi connectivity index (χ2n) is 5.66. The molecule has 1 aromatic heterocycles. The van der Waals surface area contributed by atoms with Crippen LogP contribution in [0.1, 0.15) is 28.8 Å². The molecule has 1 aliphatic rings. The van der Waals surface area contributed by atoms with Crippen molar-refractivity contribution in [2.24, 2.45) is 0 Å². The van der Waals surface area contributed by atoms with E-state index in [1.54, 1.807) is 18.2 Å². The lowest BCUT2D eigenvalue weighted by atomic mass is 9.85. The number of benzene rings is 1. The first-order valence-electron chi connectivity index (χ1n) is 7.00. The Bertz CT molecular complexity index is 694. The van der Waals surface area contributed by atoms with E-state index in [4.69, 9.17) is 0 Å². The normalized spacial score (nSPS) is 18.8. The number of aromatic nitrogens is 1. The third-order valence-corrected chi connectivity index (χ3v) is 4.27. The fourth-order valence-electron chi connectivity index (χ4n) is 2.87. The van der Waals surface area contributed by atoms with Crippen molar-refractivity contribution in [1.29, 1.82) is 0 Å². The van der Waals surface area contributed by atoms with Crippen molar-refractivity contribution < 1.29 is 14.3 Å². The predicted octanol–water partition coefficient (Wildman–Crippen LogP) is 2.82. The minimum absolute atomic E-state index is 0.165. The minimum Gasteiger partial charge on any atom is -0.478 e. The molecule has 4 nitrogen and oxygen atoms in total. The lowest BCUT2D eigenvalue weighted by molar-refractivity contribution is 0.0672. The average Bonchev–Trinajstić information content (AvgIpc) is 2.49. The molecular formula is C16H17FN2O2. The molecule has 2 aromatic rings. The highest BCUT2D eigenvalue weighted by Crippen LogP contribution is 2.38. The number of carbonyl (C=O) groups is 1. The van der Waals surface area contributed by atoms with Crippen LogP contribution in [0.15, 0.2) is 30.5 Å². The maximum atomic E-state index is 15.1. The molecule has 1 fully saturated rings. The first-order chi connectivity index (χ1) is 9.99. The molecule has 3 rings (SSSR count). The van der Waals surface area contributed by atoms with Gasteiger partial charge in [-0.1, -0.05) is 6.07 Å². The van der Waals surface area contributed by atoms with Crippen molar-refractivity contribution in [3.05, 3.63) is 41.6 Å². The molecule has 0 aliphatic carbocycles. The van der Waals surface area contributed by atoms with Gasteiger partial charge in [0.05, 0.1) is 11.1 Å². The van der Waals surface area contributed by atoms with Gasteiger partial charge in [0.25, 0.3) is 0 Å². The van der Waals surface area contributed by atoms with Crippen LogP contribution in [0.2, 0.25) is 0 Å². The van der Waals surface area contributed by atoms with Gasteiger partial charge in [0.1, 0.15) is 5.67 Å². The van der Waals surface area contributed by atoms with Crippen LogP contribution in [0, 0.1) is 0 Å². The molecule has 0 bridgehead atoms. The molecule has 0 atom stereocenters. The van der Waals surface area contributed by atoms with Crippen LogP contribution in [0.4, 0.5) is 4.39 Å². The van der Waals surface area contributed by atoms with Crippen LogP contribution in [0.25, 0.3) is 10.9 Å². The van der Waals surface area contributed by atoms with Gasteiger partial charge in [0.2, 0.25) is 0 Å². The molecule has 1 N–H and O–H groups in total. The van der Waals surface area contributed by atoms with Crippen LogP contribution in [0.5, 0.6) is 0 Å². The topological polar surface area (TPSA) is 53.4 Å². The summed E-state index contributed by atoms with van der Waals surface area (Å²) in [7, 11) is 1.98. The number of alkyl halides is 1. The van der Waals surface area contributed by atoms with E-state index < -0.39 is 11.6 Å². The number of hydrogen-bond acceptors (Lipinski definition) is 3. The van der Waals surface area contributed by atoms with Gasteiger partial charge in [-0.05, 0) is 43.7 Å². The summed E-state index contributed by atoms with van der Waals surface area (Å²) in [5.74, 6) is -1.02. The third-order valence-electron chi connectivity index (χ3n) is 4.27. The van der Waals surface area contributed by atoms with Gasteiger partial charge in [-0.25, -0.2) is 9.18 Å². The standard InChI is InChI=1S/C16H17FN2O2/c1-19-8-5-16(17,6-9-19)11-2-3-14-13(10-11)12(15(20)21)4-7-18-14/h2-4,7,10H,5-6,8-9H2,1H3,(H,20,21). The molecule has 0 unspecified atom stereocenters. The number of fused-ring (bicyclic) bond motifs is 1. The highest BCUT2D eigenvalue weighted by Gasteiger charge is 2.35. The van der Waals surface area contributed by atoms with Crippen molar-refractivity contribution in [1.82, 2.24) is 9.88 Å². The number of rotatable bonds is 2. The van der Waals surface area contributed by atoms with Gasteiger partial charge < -0.3 is 10.0 Å². The summed E-state index contributed by atoms with van der Waals surface area (Å²) in [6, 6.07) is 6.54. The van der Waals surface area contributed by atoms with E-state index in [1.165, 1.54) is 12.3 Å². The summed E-state index contributed by atoms with van der Waals surface area (Å²) in [5, 5.41) is 9.75. The number of halogens is 1. The SMILES string of the molecule is CN1CCC(F)(c2ccc3nccc(C(=O)O)c3c2)CC1. The Kier molecular flexibility index (Phi) is 3.37. The quantitative estimate of drug-likeness (QED) is 0.923. The lowest BCUT2D eigenvalue weighted by Gasteiger charge is -2.35. The smallest absolute Gasteiger partial charge is 0.336 e. The first kappa shape index (κ1) is 13.9. The second-order valence-corrected chi connectivity index (χ2v) is 5.66. The summed E-state index contributed by atoms with van der Waals surface area (Å²) < 4.78 is 15.1. The van der Waals surface area contributed by atoms with Gasteiger partial charge in [-0.3, -0.25) is 4.98 Å². The van der Waals surface area contributed by atoms with E-state index in [1.807, 2.05) is 7.05 Å². The largest absolute Gasteiger partial charge is 0.478 e. The number of pyridine rings is 1. The second kappa shape index (κ2) is 5.07. The van der Waals surface area contributed by atoms with Gasteiger partial charge in [-0.2, -0.15) is 0 Å². The highest BCUT2D eigenvalue weighted by molar-refractivity contribution is 6.02. The molecule has 2 heterocycles. The number of aromatic carboxylic acids is 1.